The van der Waals surface area contributed by atoms with Crippen LogP contribution in [0.2, 0.25) is 0 Å². The van der Waals surface area contributed by atoms with Crippen molar-refractivity contribution in [3.8, 4) is 5.75 Å². The summed E-state index contributed by atoms with van der Waals surface area (Å²) in [6.07, 6.45) is 2.94. The standard InChI is InChI=1S/C22H23FN4O2/c1-29-19-4-2-3-17(15-19)10-13-25-22-26-14-11-20(27-22)21(28)24-12-9-16-5-7-18(23)8-6-16/h2-8,11,14-15H,9-10,12-13H2,1H3,(H,24,28)(H,25,26,27). The summed E-state index contributed by atoms with van der Waals surface area (Å²) in [7, 11) is 1.64. The van der Waals surface area contributed by atoms with Crippen molar-refractivity contribution in [3.63, 3.8) is 0 Å². The molecule has 6 nitrogen and oxygen atoms in total. The molecule has 1 heterocycles. The molecule has 0 spiro atoms. The van der Waals surface area contributed by atoms with Gasteiger partial charge in [0.15, 0.2) is 0 Å². The van der Waals surface area contributed by atoms with Crippen LogP contribution < -0.4 is 15.4 Å². The molecule has 2 aromatic carbocycles. The smallest absolute Gasteiger partial charge is 0.270 e. The molecule has 0 aliphatic carbocycles. The van der Waals surface area contributed by atoms with Crippen molar-refractivity contribution in [2.24, 2.45) is 0 Å². The third kappa shape index (κ3) is 6.27. The zero-order valence-corrected chi connectivity index (χ0v) is 16.2. The average molecular weight is 394 g/mol. The summed E-state index contributed by atoms with van der Waals surface area (Å²) in [5.74, 6) is 0.674. The van der Waals surface area contributed by atoms with Gasteiger partial charge in [-0.3, -0.25) is 4.79 Å². The van der Waals surface area contributed by atoms with Gasteiger partial charge in [-0.1, -0.05) is 24.3 Å². The van der Waals surface area contributed by atoms with E-state index in [0.29, 0.717) is 31.2 Å². The molecule has 7 heteroatoms. The third-order valence-corrected chi connectivity index (χ3v) is 4.33. The number of carbonyl (C=O) groups excluding carboxylic acids is 1. The summed E-state index contributed by atoms with van der Waals surface area (Å²) in [6, 6.07) is 15.6. The molecule has 0 aliphatic rings. The van der Waals surface area contributed by atoms with E-state index in [4.69, 9.17) is 4.74 Å². The van der Waals surface area contributed by atoms with E-state index in [-0.39, 0.29) is 11.7 Å². The number of hydrogen-bond donors (Lipinski definition) is 2. The fourth-order valence-electron chi connectivity index (χ4n) is 2.78. The molecular weight excluding hydrogens is 371 g/mol. The summed E-state index contributed by atoms with van der Waals surface area (Å²) in [5, 5.41) is 5.95. The lowest BCUT2D eigenvalue weighted by atomic mass is 10.1. The fraction of sp³-hybridized carbons (Fsp3) is 0.227. The van der Waals surface area contributed by atoms with Crippen LogP contribution in [0.4, 0.5) is 10.3 Å². The highest BCUT2D eigenvalue weighted by Gasteiger charge is 2.08. The van der Waals surface area contributed by atoms with Crippen LogP contribution in [0.25, 0.3) is 0 Å². The first-order valence-corrected chi connectivity index (χ1v) is 9.36. The van der Waals surface area contributed by atoms with Gasteiger partial charge in [-0.25, -0.2) is 14.4 Å². The number of nitrogens with one attached hydrogen (secondary N) is 2. The molecule has 0 aliphatic heterocycles. The van der Waals surface area contributed by atoms with Gasteiger partial charge in [0.2, 0.25) is 5.95 Å². The normalized spacial score (nSPS) is 10.4. The number of ether oxygens (including phenoxy) is 1. The highest BCUT2D eigenvalue weighted by molar-refractivity contribution is 5.92. The number of amides is 1. The molecule has 0 saturated carbocycles. The number of nitrogens with zero attached hydrogens (tertiary/aromatic N) is 2. The summed E-state index contributed by atoms with van der Waals surface area (Å²) in [6.45, 7) is 1.07. The van der Waals surface area contributed by atoms with Crippen molar-refractivity contribution in [3.05, 3.63) is 83.4 Å². The van der Waals surface area contributed by atoms with Gasteiger partial charge < -0.3 is 15.4 Å². The maximum absolute atomic E-state index is 12.9. The van der Waals surface area contributed by atoms with Gasteiger partial charge >= 0.3 is 0 Å². The number of aromatic nitrogens is 2. The van der Waals surface area contributed by atoms with Crippen LogP contribution in [0.3, 0.4) is 0 Å². The van der Waals surface area contributed by atoms with Crippen LogP contribution in [-0.4, -0.2) is 36.1 Å². The highest BCUT2D eigenvalue weighted by atomic mass is 19.1. The van der Waals surface area contributed by atoms with Crippen LogP contribution in [0.1, 0.15) is 21.6 Å². The number of benzene rings is 2. The Kier molecular flexibility index (Phi) is 7.10. The van der Waals surface area contributed by atoms with Crippen molar-refractivity contribution in [2.75, 3.05) is 25.5 Å². The molecular formula is C22H23FN4O2. The van der Waals surface area contributed by atoms with Gasteiger partial charge in [0, 0.05) is 19.3 Å². The molecule has 0 unspecified atom stereocenters. The zero-order valence-electron chi connectivity index (χ0n) is 16.2. The fourth-order valence-corrected chi connectivity index (χ4v) is 2.78. The number of carbonyl (C=O) groups is 1. The lowest BCUT2D eigenvalue weighted by molar-refractivity contribution is 0.0949. The van der Waals surface area contributed by atoms with Crippen molar-refractivity contribution in [1.82, 2.24) is 15.3 Å². The lowest BCUT2D eigenvalue weighted by Crippen LogP contribution is -2.27. The van der Waals surface area contributed by atoms with E-state index in [1.165, 1.54) is 12.1 Å². The predicted molar refractivity (Wildman–Crippen MR) is 110 cm³/mol. The third-order valence-electron chi connectivity index (χ3n) is 4.33. The van der Waals surface area contributed by atoms with Gasteiger partial charge in [-0.15, -0.1) is 0 Å². The molecule has 0 radical (unpaired) electrons. The Balaban J connectivity index is 1.47. The SMILES string of the molecule is COc1cccc(CCNc2nccc(C(=O)NCCc3ccc(F)cc3)n2)c1. The van der Waals surface area contributed by atoms with Crippen LogP contribution in [0, 0.1) is 5.82 Å². The maximum Gasteiger partial charge on any atom is 0.270 e. The Morgan fingerprint density at radius 3 is 2.62 bits per heavy atom. The lowest BCUT2D eigenvalue weighted by Gasteiger charge is -2.08. The number of rotatable bonds is 9. The first kappa shape index (κ1) is 20.3. The Morgan fingerprint density at radius 1 is 1.03 bits per heavy atom. The molecule has 1 aromatic heterocycles. The second kappa shape index (κ2) is 10.2. The van der Waals surface area contributed by atoms with E-state index in [2.05, 4.69) is 20.6 Å². The number of halogens is 1. The highest BCUT2D eigenvalue weighted by Crippen LogP contribution is 2.13. The Bertz CT molecular complexity index is 948. The average Bonchev–Trinajstić information content (AvgIpc) is 2.75. The van der Waals surface area contributed by atoms with E-state index in [1.807, 2.05) is 24.3 Å². The second-order valence-electron chi connectivity index (χ2n) is 6.43. The molecule has 29 heavy (non-hydrogen) atoms. The van der Waals surface area contributed by atoms with E-state index in [0.717, 1.165) is 23.3 Å². The monoisotopic (exact) mass is 394 g/mol. The molecule has 3 aromatic rings. The van der Waals surface area contributed by atoms with Crippen molar-refractivity contribution in [1.29, 1.82) is 0 Å². The van der Waals surface area contributed by atoms with Gasteiger partial charge in [0.25, 0.3) is 5.91 Å². The molecule has 1 amide bonds. The first-order chi connectivity index (χ1) is 14.1. The van der Waals surface area contributed by atoms with E-state index in [9.17, 15) is 9.18 Å². The first-order valence-electron chi connectivity index (χ1n) is 9.36. The quantitative estimate of drug-likeness (QED) is 0.583. The van der Waals surface area contributed by atoms with Crippen molar-refractivity contribution >= 4 is 11.9 Å². The predicted octanol–water partition coefficient (Wildman–Crippen LogP) is 3.25. The van der Waals surface area contributed by atoms with E-state index in [1.54, 1.807) is 31.5 Å². The molecule has 3 rings (SSSR count). The topological polar surface area (TPSA) is 76.1 Å². The molecule has 0 atom stereocenters. The van der Waals surface area contributed by atoms with E-state index >= 15 is 0 Å². The van der Waals surface area contributed by atoms with Gasteiger partial charge in [-0.2, -0.15) is 0 Å². The number of methoxy groups -OCH3 is 1. The largest absolute Gasteiger partial charge is 0.497 e. The van der Waals surface area contributed by atoms with Gasteiger partial charge in [-0.05, 0) is 54.3 Å². The number of hydrogen-bond acceptors (Lipinski definition) is 5. The van der Waals surface area contributed by atoms with Crippen LogP contribution in [-0.2, 0) is 12.8 Å². The van der Waals surface area contributed by atoms with E-state index < -0.39 is 0 Å². The van der Waals surface area contributed by atoms with Gasteiger partial charge in [0.1, 0.15) is 17.3 Å². The molecule has 2 N–H and O–H groups in total. The summed E-state index contributed by atoms with van der Waals surface area (Å²) < 4.78 is 18.1. The van der Waals surface area contributed by atoms with Crippen molar-refractivity contribution in [2.45, 2.75) is 12.8 Å². The summed E-state index contributed by atoms with van der Waals surface area (Å²) in [4.78, 5) is 20.7. The Morgan fingerprint density at radius 2 is 1.83 bits per heavy atom. The van der Waals surface area contributed by atoms with Crippen LogP contribution >= 0.6 is 0 Å². The molecule has 0 saturated heterocycles. The minimum Gasteiger partial charge on any atom is -0.497 e. The minimum absolute atomic E-state index is 0.273. The second-order valence-corrected chi connectivity index (χ2v) is 6.43. The Hall–Kier alpha value is -3.48. The van der Waals surface area contributed by atoms with Crippen LogP contribution in [0.5, 0.6) is 5.75 Å². The Labute approximate surface area is 169 Å². The van der Waals surface area contributed by atoms with Crippen molar-refractivity contribution < 1.29 is 13.9 Å². The minimum atomic E-state index is -0.273. The summed E-state index contributed by atoms with van der Waals surface area (Å²) in [5.41, 5.74) is 2.38. The zero-order chi connectivity index (χ0) is 20.5. The van der Waals surface area contributed by atoms with Crippen LogP contribution in [0.15, 0.2) is 60.8 Å². The van der Waals surface area contributed by atoms with Gasteiger partial charge in [0.05, 0.1) is 7.11 Å². The summed E-state index contributed by atoms with van der Waals surface area (Å²) >= 11 is 0. The number of anilines is 1. The molecule has 0 fully saturated rings. The molecule has 0 bridgehead atoms. The maximum atomic E-state index is 12.9. The molecule has 150 valence electrons.